The van der Waals surface area contributed by atoms with Gasteiger partial charge in [0, 0.05) is 5.25 Å². The summed E-state index contributed by atoms with van der Waals surface area (Å²) in [6, 6.07) is 4.84. The van der Waals surface area contributed by atoms with Crippen LogP contribution in [-0.2, 0) is 0 Å². The van der Waals surface area contributed by atoms with Gasteiger partial charge in [-0.2, -0.15) is 0 Å². The number of hydrogen-bond donors (Lipinski definition) is 3. The molecular formula is C9H13N3O3S. The smallest absolute Gasteiger partial charge is 0.307 e. The summed E-state index contributed by atoms with van der Waals surface area (Å²) in [5, 5.41) is 19.7. The highest BCUT2D eigenvalue weighted by atomic mass is 32.2. The van der Waals surface area contributed by atoms with E-state index in [1.54, 1.807) is 19.1 Å². The summed E-state index contributed by atoms with van der Waals surface area (Å²) in [7, 11) is 0. The SMILES string of the molecule is CC(CO)Sc1cccc(NN)c1[N+](=O)[O-]. The first kappa shape index (κ1) is 12.8. The number of aliphatic hydroxyl groups excluding tert-OH is 1. The summed E-state index contributed by atoms with van der Waals surface area (Å²) >= 11 is 1.24. The van der Waals surface area contributed by atoms with E-state index in [4.69, 9.17) is 10.9 Å². The van der Waals surface area contributed by atoms with Crippen LogP contribution in [0.25, 0.3) is 0 Å². The van der Waals surface area contributed by atoms with E-state index >= 15 is 0 Å². The van der Waals surface area contributed by atoms with Gasteiger partial charge in [-0.25, -0.2) is 0 Å². The molecule has 0 aliphatic carbocycles. The van der Waals surface area contributed by atoms with E-state index in [0.29, 0.717) is 4.90 Å². The highest BCUT2D eigenvalue weighted by molar-refractivity contribution is 8.00. The molecule has 1 aromatic rings. The predicted molar refractivity (Wildman–Crippen MR) is 63.3 cm³/mol. The first-order valence-corrected chi connectivity index (χ1v) is 5.49. The lowest BCUT2D eigenvalue weighted by Crippen LogP contribution is -2.10. The predicted octanol–water partition coefficient (Wildman–Crippen LogP) is 1.35. The summed E-state index contributed by atoms with van der Waals surface area (Å²) in [4.78, 5) is 10.9. The highest BCUT2D eigenvalue weighted by Gasteiger charge is 2.20. The van der Waals surface area contributed by atoms with Gasteiger partial charge in [0.15, 0.2) is 0 Å². The molecule has 4 N–H and O–H groups in total. The van der Waals surface area contributed by atoms with Gasteiger partial charge in [0.2, 0.25) is 0 Å². The van der Waals surface area contributed by atoms with E-state index in [0.717, 1.165) is 0 Å². The Hall–Kier alpha value is -1.31. The molecule has 16 heavy (non-hydrogen) atoms. The minimum absolute atomic E-state index is 0.0396. The lowest BCUT2D eigenvalue weighted by Gasteiger charge is -2.10. The molecule has 7 heteroatoms. The van der Waals surface area contributed by atoms with Crippen LogP contribution >= 0.6 is 11.8 Å². The molecule has 1 unspecified atom stereocenters. The Balaban J connectivity index is 3.12. The van der Waals surface area contributed by atoms with Gasteiger partial charge in [-0.15, -0.1) is 11.8 Å². The number of nitrogens with two attached hydrogens (primary N) is 1. The number of thioether (sulfide) groups is 1. The van der Waals surface area contributed by atoms with E-state index in [1.807, 2.05) is 0 Å². The van der Waals surface area contributed by atoms with Crippen molar-refractivity contribution in [1.82, 2.24) is 0 Å². The molecule has 0 heterocycles. The van der Waals surface area contributed by atoms with Crippen LogP contribution in [-0.4, -0.2) is 21.9 Å². The van der Waals surface area contributed by atoms with Crippen LogP contribution in [0.4, 0.5) is 11.4 Å². The summed E-state index contributed by atoms with van der Waals surface area (Å²) in [6.07, 6.45) is 0. The first-order chi connectivity index (χ1) is 7.60. The minimum atomic E-state index is -0.485. The molecule has 0 radical (unpaired) electrons. The van der Waals surface area contributed by atoms with Crippen LogP contribution in [0.2, 0.25) is 0 Å². The molecule has 0 fully saturated rings. The molecule has 88 valence electrons. The zero-order valence-electron chi connectivity index (χ0n) is 8.71. The van der Waals surface area contributed by atoms with Crippen molar-refractivity contribution in [3.63, 3.8) is 0 Å². The molecular weight excluding hydrogens is 230 g/mol. The summed E-state index contributed by atoms with van der Waals surface area (Å²) < 4.78 is 0. The van der Waals surface area contributed by atoms with Crippen LogP contribution in [0.3, 0.4) is 0 Å². The molecule has 0 aliphatic heterocycles. The van der Waals surface area contributed by atoms with Crippen molar-refractivity contribution in [2.24, 2.45) is 5.84 Å². The summed E-state index contributed by atoms with van der Waals surface area (Å²) in [5.74, 6) is 5.21. The van der Waals surface area contributed by atoms with Gasteiger partial charge in [-0.1, -0.05) is 13.0 Å². The van der Waals surface area contributed by atoms with Crippen molar-refractivity contribution in [3.8, 4) is 0 Å². The van der Waals surface area contributed by atoms with Gasteiger partial charge in [0.05, 0.1) is 16.4 Å². The molecule has 0 spiro atoms. The van der Waals surface area contributed by atoms with E-state index in [1.165, 1.54) is 17.8 Å². The van der Waals surface area contributed by atoms with Crippen molar-refractivity contribution in [2.45, 2.75) is 17.1 Å². The second-order valence-corrected chi connectivity index (χ2v) is 4.65. The monoisotopic (exact) mass is 243 g/mol. The molecule has 0 amide bonds. The van der Waals surface area contributed by atoms with Crippen molar-refractivity contribution >= 4 is 23.1 Å². The second kappa shape index (κ2) is 5.69. The lowest BCUT2D eigenvalue weighted by molar-refractivity contribution is -0.386. The van der Waals surface area contributed by atoms with E-state index in [-0.39, 0.29) is 23.2 Å². The topological polar surface area (TPSA) is 101 Å². The normalized spacial score (nSPS) is 12.2. The Kier molecular flexibility index (Phi) is 4.53. The number of aliphatic hydroxyl groups is 1. The van der Waals surface area contributed by atoms with Gasteiger partial charge in [-0.05, 0) is 12.1 Å². The number of rotatable bonds is 5. The molecule has 0 bridgehead atoms. The van der Waals surface area contributed by atoms with E-state index < -0.39 is 4.92 Å². The fraction of sp³-hybridized carbons (Fsp3) is 0.333. The molecule has 6 nitrogen and oxygen atoms in total. The first-order valence-electron chi connectivity index (χ1n) is 4.61. The van der Waals surface area contributed by atoms with Gasteiger partial charge in [0.1, 0.15) is 5.69 Å². The Labute approximate surface area is 97.0 Å². The zero-order chi connectivity index (χ0) is 12.1. The van der Waals surface area contributed by atoms with Crippen molar-refractivity contribution in [2.75, 3.05) is 12.0 Å². The Morgan fingerprint density at radius 2 is 2.38 bits per heavy atom. The number of anilines is 1. The number of nitrogens with one attached hydrogen (secondary N) is 1. The number of nitrogen functional groups attached to an aromatic ring is 1. The minimum Gasteiger partial charge on any atom is -0.395 e. The quantitative estimate of drug-likeness (QED) is 0.312. The van der Waals surface area contributed by atoms with Crippen LogP contribution < -0.4 is 11.3 Å². The van der Waals surface area contributed by atoms with Crippen molar-refractivity contribution in [3.05, 3.63) is 28.3 Å². The highest BCUT2D eigenvalue weighted by Crippen LogP contribution is 2.36. The van der Waals surface area contributed by atoms with Gasteiger partial charge in [-0.3, -0.25) is 16.0 Å². The molecule has 0 saturated carbocycles. The lowest BCUT2D eigenvalue weighted by atomic mass is 10.3. The third-order valence-electron chi connectivity index (χ3n) is 1.92. The maximum absolute atomic E-state index is 10.9. The molecule has 0 saturated heterocycles. The number of nitrogens with zero attached hydrogens (tertiary/aromatic N) is 1. The maximum Gasteiger partial charge on any atom is 0.307 e. The molecule has 0 aromatic heterocycles. The number of nitro benzene ring substituents is 1. The Morgan fingerprint density at radius 3 is 2.88 bits per heavy atom. The number of benzene rings is 1. The zero-order valence-corrected chi connectivity index (χ0v) is 9.53. The Morgan fingerprint density at radius 1 is 1.69 bits per heavy atom. The van der Waals surface area contributed by atoms with Crippen molar-refractivity contribution < 1.29 is 10.0 Å². The maximum atomic E-state index is 10.9. The number of para-hydroxylation sites is 1. The third kappa shape index (κ3) is 2.84. The molecule has 1 rings (SSSR count). The number of hydrazine groups is 1. The average molecular weight is 243 g/mol. The standard InChI is InChI=1S/C9H13N3O3S/c1-6(5-13)16-8-4-2-3-7(11-10)9(8)12(14)15/h2-4,6,11,13H,5,10H2,1H3. The molecule has 0 aliphatic rings. The van der Waals surface area contributed by atoms with Gasteiger partial charge < -0.3 is 10.5 Å². The van der Waals surface area contributed by atoms with Crippen molar-refractivity contribution in [1.29, 1.82) is 0 Å². The molecule has 1 aromatic carbocycles. The van der Waals surface area contributed by atoms with Crippen LogP contribution in [0.15, 0.2) is 23.1 Å². The largest absolute Gasteiger partial charge is 0.395 e. The fourth-order valence-electron chi connectivity index (χ4n) is 1.18. The number of nitro groups is 1. The Bertz CT molecular complexity index is 386. The number of hydrogen-bond acceptors (Lipinski definition) is 6. The summed E-state index contributed by atoms with van der Waals surface area (Å²) in [6.45, 7) is 1.75. The molecule has 1 atom stereocenters. The summed E-state index contributed by atoms with van der Waals surface area (Å²) in [5.41, 5.74) is 2.50. The van der Waals surface area contributed by atoms with Crippen LogP contribution in [0.1, 0.15) is 6.92 Å². The van der Waals surface area contributed by atoms with Gasteiger partial charge >= 0.3 is 5.69 Å². The fourth-order valence-corrected chi connectivity index (χ4v) is 2.14. The average Bonchev–Trinajstić information content (AvgIpc) is 2.28. The third-order valence-corrected chi connectivity index (χ3v) is 3.06. The van der Waals surface area contributed by atoms with Crippen LogP contribution in [0, 0.1) is 10.1 Å². The second-order valence-electron chi connectivity index (χ2n) is 3.16. The van der Waals surface area contributed by atoms with E-state index in [9.17, 15) is 10.1 Å². The van der Waals surface area contributed by atoms with Crippen LogP contribution in [0.5, 0.6) is 0 Å². The van der Waals surface area contributed by atoms with E-state index in [2.05, 4.69) is 5.43 Å². The van der Waals surface area contributed by atoms with Gasteiger partial charge in [0.25, 0.3) is 0 Å².